The van der Waals surface area contributed by atoms with Crippen molar-refractivity contribution in [3.8, 4) is 0 Å². The van der Waals surface area contributed by atoms with E-state index < -0.39 is 17.4 Å². The number of carbonyl (C=O) groups excluding carboxylic acids is 1. The first-order valence-electron chi connectivity index (χ1n) is 6.62. The van der Waals surface area contributed by atoms with Gasteiger partial charge in [-0.25, -0.2) is 4.79 Å². The lowest BCUT2D eigenvalue weighted by molar-refractivity contribution is -0.145. The fraction of sp³-hybridized carbons (Fsp3) is 0.846. The van der Waals surface area contributed by atoms with Crippen molar-refractivity contribution in [3.63, 3.8) is 0 Å². The average molecular weight is 258 g/mol. The fourth-order valence-electron chi connectivity index (χ4n) is 1.93. The van der Waals surface area contributed by atoms with Gasteiger partial charge in [0.25, 0.3) is 0 Å². The largest absolute Gasteiger partial charge is 0.480 e. The Labute approximate surface area is 109 Å². The molecule has 0 aliphatic rings. The summed E-state index contributed by atoms with van der Waals surface area (Å²) in [6, 6.07) is -0.841. The molecule has 0 radical (unpaired) electrons. The first-order valence-corrected chi connectivity index (χ1v) is 6.62. The van der Waals surface area contributed by atoms with Crippen LogP contribution in [0.25, 0.3) is 0 Å². The molecule has 0 heterocycles. The molecular formula is C13H26N2O3. The summed E-state index contributed by atoms with van der Waals surface area (Å²) in [4.78, 5) is 23.4. The van der Waals surface area contributed by atoms with Crippen LogP contribution in [0, 0.1) is 11.3 Å². The summed E-state index contributed by atoms with van der Waals surface area (Å²) < 4.78 is 0. The lowest BCUT2D eigenvalue weighted by atomic mass is 9.81. The summed E-state index contributed by atoms with van der Waals surface area (Å²) in [5.41, 5.74) is 5.03. The maximum Gasteiger partial charge on any atom is 0.326 e. The van der Waals surface area contributed by atoms with E-state index in [0.29, 0.717) is 19.3 Å². The molecule has 0 spiro atoms. The molecule has 18 heavy (non-hydrogen) atoms. The Morgan fingerprint density at radius 3 is 2.06 bits per heavy atom. The second-order valence-electron chi connectivity index (χ2n) is 4.87. The molecule has 5 nitrogen and oxygen atoms in total. The van der Waals surface area contributed by atoms with E-state index in [-0.39, 0.29) is 18.4 Å². The lowest BCUT2D eigenvalue weighted by Crippen LogP contribution is -2.53. The molecule has 0 rings (SSSR count). The van der Waals surface area contributed by atoms with Crippen molar-refractivity contribution in [2.45, 2.75) is 53.0 Å². The molecule has 0 saturated carbocycles. The van der Waals surface area contributed by atoms with E-state index in [2.05, 4.69) is 5.32 Å². The van der Waals surface area contributed by atoms with Crippen LogP contribution < -0.4 is 11.1 Å². The van der Waals surface area contributed by atoms with Gasteiger partial charge in [0, 0.05) is 6.54 Å². The van der Waals surface area contributed by atoms with Crippen LogP contribution in [-0.4, -0.2) is 29.6 Å². The molecule has 0 aliphatic carbocycles. The zero-order valence-electron chi connectivity index (χ0n) is 11.8. The van der Waals surface area contributed by atoms with Gasteiger partial charge in [-0.15, -0.1) is 0 Å². The smallest absolute Gasteiger partial charge is 0.326 e. The minimum Gasteiger partial charge on any atom is -0.480 e. The predicted octanol–water partition coefficient (Wildman–Crippen LogP) is 1.37. The molecule has 0 unspecified atom stereocenters. The number of rotatable bonds is 8. The van der Waals surface area contributed by atoms with Crippen LogP contribution in [-0.2, 0) is 9.59 Å². The maximum absolute atomic E-state index is 12.2. The first-order chi connectivity index (χ1) is 8.38. The third kappa shape index (κ3) is 3.70. The van der Waals surface area contributed by atoms with Crippen LogP contribution >= 0.6 is 0 Å². The molecular weight excluding hydrogens is 232 g/mol. The molecule has 0 aliphatic heterocycles. The average Bonchev–Trinajstić information content (AvgIpc) is 2.37. The van der Waals surface area contributed by atoms with E-state index in [4.69, 9.17) is 10.8 Å². The van der Waals surface area contributed by atoms with E-state index in [1.165, 1.54) is 0 Å². The molecule has 0 aromatic carbocycles. The molecule has 5 heteroatoms. The fourth-order valence-corrected chi connectivity index (χ4v) is 1.93. The highest BCUT2D eigenvalue weighted by atomic mass is 16.4. The van der Waals surface area contributed by atoms with Crippen molar-refractivity contribution in [2.24, 2.45) is 17.1 Å². The van der Waals surface area contributed by atoms with Crippen molar-refractivity contribution in [1.29, 1.82) is 0 Å². The summed E-state index contributed by atoms with van der Waals surface area (Å²) in [5.74, 6) is -1.34. The number of hydrogen-bond acceptors (Lipinski definition) is 3. The predicted molar refractivity (Wildman–Crippen MR) is 71.1 cm³/mol. The van der Waals surface area contributed by atoms with Crippen LogP contribution in [0.5, 0.6) is 0 Å². The Morgan fingerprint density at radius 2 is 1.78 bits per heavy atom. The number of nitrogens with one attached hydrogen (secondary N) is 1. The second kappa shape index (κ2) is 7.36. The van der Waals surface area contributed by atoms with E-state index in [9.17, 15) is 9.59 Å². The summed E-state index contributed by atoms with van der Waals surface area (Å²) in [5, 5.41) is 11.8. The van der Waals surface area contributed by atoms with Gasteiger partial charge in [0.1, 0.15) is 6.04 Å². The number of hydrogen-bond donors (Lipinski definition) is 3. The Hall–Kier alpha value is -1.10. The topological polar surface area (TPSA) is 92.4 Å². The Morgan fingerprint density at radius 1 is 1.28 bits per heavy atom. The monoisotopic (exact) mass is 258 g/mol. The second-order valence-corrected chi connectivity index (χ2v) is 4.87. The van der Waals surface area contributed by atoms with Crippen LogP contribution in [0.4, 0.5) is 0 Å². The molecule has 0 fully saturated rings. The van der Waals surface area contributed by atoms with Crippen molar-refractivity contribution in [2.75, 3.05) is 6.54 Å². The molecule has 0 aromatic heterocycles. The van der Waals surface area contributed by atoms with Crippen LogP contribution in [0.15, 0.2) is 0 Å². The van der Waals surface area contributed by atoms with Gasteiger partial charge in [-0.3, -0.25) is 4.79 Å². The van der Waals surface area contributed by atoms with Crippen molar-refractivity contribution >= 4 is 11.9 Å². The molecule has 4 N–H and O–H groups in total. The number of carbonyl (C=O) groups is 2. The van der Waals surface area contributed by atoms with E-state index >= 15 is 0 Å². The molecule has 2 atom stereocenters. The minimum atomic E-state index is -0.990. The van der Waals surface area contributed by atoms with Gasteiger partial charge in [0.2, 0.25) is 5.91 Å². The summed E-state index contributed by atoms with van der Waals surface area (Å²) in [6.45, 7) is 7.76. The Kier molecular flexibility index (Phi) is 6.91. The minimum absolute atomic E-state index is 0.101. The van der Waals surface area contributed by atoms with Crippen molar-refractivity contribution < 1.29 is 14.7 Å². The molecule has 106 valence electrons. The third-order valence-electron chi connectivity index (χ3n) is 3.99. The number of nitrogens with two attached hydrogens (primary N) is 1. The summed E-state index contributed by atoms with van der Waals surface area (Å²) in [7, 11) is 0. The van der Waals surface area contributed by atoms with E-state index in [1.54, 1.807) is 0 Å². The highest BCUT2D eigenvalue weighted by molar-refractivity contribution is 5.87. The number of aliphatic carboxylic acids is 1. The van der Waals surface area contributed by atoms with Gasteiger partial charge in [0.05, 0.1) is 5.41 Å². The molecule has 0 aromatic rings. The van der Waals surface area contributed by atoms with Gasteiger partial charge in [0.15, 0.2) is 0 Å². The van der Waals surface area contributed by atoms with E-state index in [0.717, 1.165) is 0 Å². The normalized spacial score (nSPS) is 14.9. The van der Waals surface area contributed by atoms with Crippen molar-refractivity contribution in [1.82, 2.24) is 5.32 Å². The standard InChI is InChI=1S/C13H26N2O3/c1-5-9(4)10(11(16)17)15-12(18)13(6-2,7-3)8-14/h9-10H,5-8,14H2,1-4H3,(H,15,18)(H,16,17)/t9-,10-/m0/s1. The quantitative estimate of drug-likeness (QED) is 0.613. The molecule has 1 amide bonds. The summed E-state index contributed by atoms with van der Waals surface area (Å²) in [6.07, 6.45) is 1.92. The first kappa shape index (κ1) is 16.9. The Balaban J connectivity index is 4.93. The van der Waals surface area contributed by atoms with Crippen molar-refractivity contribution in [3.05, 3.63) is 0 Å². The van der Waals surface area contributed by atoms with Gasteiger partial charge in [-0.1, -0.05) is 34.1 Å². The molecule has 0 bridgehead atoms. The highest BCUT2D eigenvalue weighted by Crippen LogP contribution is 2.25. The molecule has 0 saturated heterocycles. The zero-order valence-corrected chi connectivity index (χ0v) is 11.8. The van der Waals surface area contributed by atoms with E-state index in [1.807, 2.05) is 27.7 Å². The number of carboxylic acid groups (broad SMARTS) is 1. The highest BCUT2D eigenvalue weighted by Gasteiger charge is 2.36. The third-order valence-corrected chi connectivity index (χ3v) is 3.99. The van der Waals surface area contributed by atoms with Gasteiger partial charge >= 0.3 is 5.97 Å². The summed E-state index contributed by atoms with van der Waals surface area (Å²) >= 11 is 0. The maximum atomic E-state index is 12.2. The van der Waals surface area contributed by atoms with Crippen LogP contribution in [0.1, 0.15) is 47.0 Å². The SMILES string of the molecule is CC[C@H](C)[C@H](NC(=O)C(CC)(CC)CN)C(=O)O. The van der Waals surface area contributed by atoms with Gasteiger partial charge in [-0.05, 0) is 18.8 Å². The van der Waals surface area contributed by atoms with Gasteiger partial charge < -0.3 is 16.2 Å². The Bertz CT molecular complexity index is 280. The van der Waals surface area contributed by atoms with Crippen LogP contribution in [0.3, 0.4) is 0 Å². The number of amides is 1. The zero-order chi connectivity index (χ0) is 14.3. The lowest BCUT2D eigenvalue weighted by Gasteiger charge is -2.31. The number of carboxylic acids is 1. The van der Waals surface area contributed by atoms with Crippen LogP contribution in [0.2, 0.25) is 0 Å². The van der Waals surface area contributed by atoms with Gasteiger partial charge in [-0.2, -0.15) is 0 Å².